The van der Waals surface area contributed by atoms with Gasteiger partial charge in [0.05, 0.1) is 11.9 Å². The highest BCUT2D eigenvalue weighted by Gasteiger charge is 2.27. The van der Waals surface area contributed by atoms with Gasteiger partial charge in [0.25, 0.3) is 0 Å². The normalized spacial score (nSPS) is 14.1. The van der Waals surface area contributed by atoms with Gasteiger partial charge < -0.3 is 19.7 Å². The van der Waals surface area contributed by atoms with E-state index in [4.69, 9.17) is 9.47 Å². The third-order valence-electron chi connectivity index (χ3n) is 6.16. The van der Waals surface area contributed by atoms with Crippen LogP contribution in [0.2, 0.25) is 0 Å². The molecule has 3 rings (SSSR count). The monoisotopic (exact) mass is 517 g/mol. The van der Waals surface area contributed by atoms with Crippen molar-refractivity contribution in [1.29, 1.82) is 0 Å². The van der Waals surface area contributed by atoms with E-state index in [-0.39, 0.29) is 50.6 Å². The average molecular weight is 518 g/mol. The van der Waals surface area contributed by atoms with Gasteiger partial charge in [0.15, 0.2) is 11.5 Å². The highest BCUT2D eigenvalue weighted by molar-refractivity contribution is 7.92. The largest absolute Gasteiger partial charge is 0.454 e. The smallest absolute Gasteiger partial charge is 0.242 e. The van der Waals surface area contributed by atoms with Gasteiger partial charge in [-0.15, -0.1) is 0 Å². The average Bonchev–Trinajstić information content (AvgIpc) is 3.32. The molecule has 2 aromatic rings. The Morgan fingerprint density at radius 1 is 1.06 bits per heavy atom. The third-order valence-corrected chi connectivity index (χ3v) is 7.35. The van der Waals surface area contributed by atoms with Crippen LogP contribution in [0.5, 0.6) is 11.5 Å². The Hall–Kier alpha value is -3.27. The van der Waals surface area contributed by atoms with Gasteiger partial charge >= 0.3 is 0 Å². The van der Waals surface area contributed by atoms with Gasteiger partial charge in [-0.3, -0.25) is 13.9 Å². The minimum atomic E-state index is -3.60. The molecule has 1 aliphatic heterocycles. The predicted octanol–water partition coefficient (Wildman–Crippen LogP) is 3.29. The molecule has 0 bridgehead atoms. The standard InChI is InChI=1S/C26H35N3O6S/c1-5-19(2)27-26(31)20(3)28(17-21-10-7-6-8-11-21)25(30)12-9-15-29(36(4,32)33)22-13-14-23-24(16-22)35-18-34-23/h6-8,10-11,13-14,16,19-20H,5,9,12,15,17-18H2,1-4H3,(H,27,31)/t19-,20-/m1/s1. The van der Waals surface area contributed by atoms with Crippen molar-refractivity contribution in [3.05, 3.63) is 54.1 Å². The molecule has 9 nitrogen and oxygen atoms in total. The van der Waals surface area contributed by atoms with Crippen molar-refractivity contribution in [3.8, 4) is 11.5 Å². The van der Waals surface area contributed by atoms with Gasteiger partial charge in [-0.05, 0) is 44.4 Å². The van der Waals surface area contributed by atoms with E-state index in [1.54, 1.807) is 30.0 Å². The van der Waals surface area contributed by atoms with Crippen LogP contribution < -0.4 is 19.1 Å². The van der Waals surface area contributed by atoms with Crippen LogP contribution in [0.4, 0.5) is 5.69 Å². The first-order chi connectivity index (χ1) is 17.1. The summed E-state index contributed by atoms with van der Waals surface area (Å²) in [7, 11) is -3.60. The van der Waals surface area contributed by atoms with Gasteiger partial charge in [-0.2, -0.15) is 0 Å². The van der Waals surface area contributed by atoms with Crippen LogP contribution in [0.1, 0.15) is 45.6 Å². The summed E-state index contributed by atoms with van der Waals surface area (Å²) in [5.41, 5.74) is 1.35. The van der Waals surface area contributed by atoms with E-state index in [1.165, 1.54) is 4.31 Å². The summed E-state index contributed by atoms with van der Waals surface area (Å²) in [6, 6.07) is 13.7. The molecular weight excluding hydrogens is 482 g/mol. The first-order valence-corrected chi connectivity index (χ1v) is 14.0. The molecule has 36 heavy (non-hydrogen) atoms. The Morgan fingerprint density at radius 2 is 1.75 bits per heavy atom. The van der Waals surface area contributed by atoms with Crippen LogP contribution in [-0.4, -0.2) is 56.8 Å². The van der Waals surface area contributed by atoms with E-state index >= 15 is 0 Å². The predicted molar refractivity (Wildman–Crippen MR) is 138 cm³/mol. The number of hydrogen-bond donors (Lipinski definition) is 1. The Labute approximate surface area is 213 Å². The van der Waals surface area contributed by atoms with Crippen LogP contribution >= 0.6 is 0 Å². The summed E-state index contributed by atoms with van der Waals surface area (Å²) in [4.78, 5) is 27.7. The second-order valence-corrected chi connectivity index (χ2v) is 10.9. The second-order valence-electron chi connectivity index (χ2n) is 8.98. The lowest BCUT2D eigenvalue weighted by atomic mass is 10.1. The molecule has 1 aliphatic rings. The van der Waals surface area contributed by atoms with E-state index in [0.717, 1.165) is 18.2 Å². The zero-order chi connectivity index (χ0) is 26.3. The highest BCUT2D eigenvalue weighted by atomic mass is 32.2. The number of amides is 2. The summed E-state index contributed by atoms with van der Waals surface area (Å²) in [6.45, 7) is 6.10. The number of hydrogen-bond acceptors (Lipinski definition) is 6. The van der Waals surface area contributed by atoms with Crippen molar-refractivity contribution in [2.45, 2.75) is 58.7 Å². The number of nitrogens with one attached hydrogen (secondary N) is 1. The maximum absolute atomic E-state index is 13.3. The van der Waals surface area contributed by atoms with E-state index in [0.29, 0.717) is 17.2 Å². The molecule has 0 aliphatic carbocycles. The number of ether oxygens (including phenoxy) is 2. The third kappa shape index (κ3) is 7.13. The number of nitrogens with zero attached hydrogens (tertiary/aromatic N) is 2. The molecule has 2 amide bonds. The lowest BCUT2D eigenvalue weighted by molar-refractivity contribution is -0.140. The van der Waals surface area contributed by atoms with Crippen molar-refractivity contribution >= 4 is 27.5 Å². The molecular formula is C26H35N3O6S. The van der Waals surface area contributed by atoms with Gasteiger partial charge in [-0.1, -0.05) is 37.3 Å². The zero-order valence-electron chi connectivity index (χ0n) is 21.3. The second kappa shape index (κ2) is 12.1. The molecule has 0 saturated carbocycles. The molecule has 0 saturated heterocycles. The van der Waals surface area contributed by atoms with Crippen LogP contribution in [0.25, 0.3) is 0 Å². The van der Waals surface area contributed by atoms with Crippen LogP contribution in [-0.2, 0) is 26.2 Å². The van der Waals surface area contributed by atoms with E-state index < -0.39 is 16.1 Å². The van der Waals surface area contributed by atoms with Crippen LogP contribution in [0.3, 0.4) is 0 Å². The molecule has 0 aromatic heterocycles. The van der Waals surface area contributed by atoms with Crippen molar-refractivity contribution in [2.24, 2.45) is 0 Å². The van der Waals surface area contributed by atoms with Gasteiger partial charge in [0.1, 0.15) is 6.04 Å². The Balaban J connectivity index is 1.71. The fourth-order valence-corrected chi connectivity index (χ4v) is 4.83. The minimum absolute atomic E-state index is 0.00125. The molecule has 0 unspecified atom stereocenters. The van der Waals surface area contributed by atoms with Crippen molar-refractivity contribution in [1.82, 2.24) is 10.2 Å². The Bertz CT molecular complexity index is 1160. The maximum atomic E-state index is 13.3. The molecule has 0 radical (unpaired) electrons. The van der Waals surface area contributed by atoms with Crippen LogP contribution in [0, 0.1) is 0 Å². The number of anilines is 1. The van der Waals surface area contributed by atoms with E-state index in [2.05, 4.69) is 5.32 Å². The van der Waals surface area contributed by atoms with Gasteiger partial charge in [0, 0.05) is 31.6 Å². The lowest BCUT2D eigenvalue weighted by Gasteiger charge is -2.30. The molecule has 2 aromatic carbocycles. The molecule has 1 heterocycles. The molecule has 1 N–H and O–H groups in total. The van der Waals surface area contributed by atoms with Gasteiger partial charge in [0.2, 0.25) is 28.6 Å². The maximum Gasteiger partial charge on any atom is 0.242 e. The quantitative estimate of drug-likeness (QED) is 0.463. The van der Waals surface area contributed by atoms with Crippen LogP contribution in [0.15, 0.2) is 48.5 Å². The zero-order valence-corrected chi connectivity index (χ0v) is 22.1. The number of fused-ring (bicyclic) bond motifs is 1. The highest BCUT2D eigenvalue weighted by Crippen LogP contribution is 2.36. The summed E-state index contributed by atoms with van der Waals surface area (Å²) in [5, 5.41) is 2.94. The summed E-state index contributed by atoms with van der Waals surface area (Å²) < 4.78 is 37.0. The first-order valence-electron chi connectivity index (χ1n) is 12.1. The minimum Gasteiger partial charge on any atom is -0.454 e. The molecule has 0 spiro atoms. The summed E-state index contributed by atoms with van der Waals surface area (Å²) >= 11 is 0. The topological polar surface area (TPSA) is 105 Å². The van der Waals surface area contributed by atoms with Crippen molar-refractivity contribution < 1.29 is 27.5 Å². The first kappa shape index (κ1) is 27.3. The number of benzene rings is 2. The summed E-state index contributed by atoms with van der Waals surface area (Å²) in [5.74, 6) is 0.604. The fraction of sp³-hybridized carbons (Fsp3) is 0.462. The number of rotatable bonds is 12. The fourth-order valence-electron chi connectivity index (χ4n) is 3.87. The summed E-state index contributed by atoms with van der Waals surface area (Å²) in [6.07, 6.45) is 2.28. The van der Waals surface area contributed by atoms with Crippen molar-refractivity contribution in [2.75, 3.05) is 23.9 Å². The van der Waals surface area contributed by atoms with E-state index in [1.807, 2.05) is 44.2 Å². The number of carbonyl (C=O) groups is 2. The number of sulfonamides is 1. The lowest BCUT2D eigenvalue weighted by Crippen LogP contribution is -2.49. The molecule has 10 heteroatoms. The van der Waals surface area contributed by atoms with Gasteiger partial charge in [-0.25, -0.2) is 8.42 Å². The molecule has 2 atom stereocenters. The van der Waals surface area contributed by atoms with Crippen molar-refractivity contribution in [3.63, 3.8) is 0 Å². The van der Waals surface area contributed by atoms with E-state index in [9.17, 15) is 18.0 Å². The molecule has 196 valence electrons. The Morgan fingerprint density at radius 3 is 2.42 bits per heavy atom. The molecule has 0 fully saturated rings. The Kier molecular flexibility index (Phi) is 9.19. The SMILES string of the molecule is CC[C@@H](C)NC(=O)[C@@H](C)N(Cc1ccccc1)C(=O)CCCN(c1ccc2c(c1)OCO2)S(C)(=O)=O. The number of carbonyl (C=O) groups excluding carboxylic acids is 2.